The van der Waals surface area contributed by atoms with Gasteiger partial charge in [0.1, 0.15) is 5.82 Å². The topological polar surface area (TPSA) is 93.5 Å². The van der Waals surface area contributed by atoms with E-state index in [1.165, 1.54) is 0 Å². The Hall–Kier alpha value is -3.61. The summed E-state index contributed by atoms with van der Waals surface area (Å²) in [5, 5.41) is 12.7. The van der Waals surface area contributed by atoms with Crippen LogP contribution in [-0.4, -0.2) is 33.2 Å². The summed E-state index contributed by atoms with van der Waals surface area (Å²) >= 11 is 0. The van der Waals surface area contributed by atoms with Crippen LogP contribution in [0.15, 0.2) is 54.7 Å². The molecule has 35 heavy (non-hydrogen) atoms. The first-order chi connectivity index (χ1) is 17.0. The standard InChI is InChI=1S/C28H35N3O4/c1-3-5-9-17-35-28(34)22-15-13-21(14-16-22)20-31-23(19-30-26(31)12-6-4-2)18-29-25-11-8-7-10-24(25)27(32)33/h7-8,10-11,13-16,19,29H,3-6,9,12,17-18,20H2,1-2H3,(H,32,33). The van der Waals surface area contributed by atoms with Gasteiger partial charge < -0.3 is 19.7 Å². The predicted octanol–water partition coefficient (Wildman–Crippen LogP) is 5.93. The number of aromatic nitrogens is 2. The van der Waals surface area contributed by atoms with Crippen molar-refractivity contribution < 1.29 is 19.4 Å². The summed E-state index contributed by atoms with van der Waals surface area (Å²) in [6, 6.07) is 14.4. The van der Waals surface area contributed by atoms with Crippen molar-refractivity contribution >= 4 is 17.6 Å². The van der Waals surface area contributed by atoms with Gasteiger partial charge in [-0.3, -0.25) is 0 Å². The van der Waals surface area contributed by atoms with Crippen molar-refractivity contribution in [3.63, 3.8) is 0 Å². The van der Waals surface area contributed by atoms with Gasteiger partial charge in [0.25, 0.3) is 0 Å². The first kappa shape index (κ1) is 26.0. The molecule has 7 nitrogen and oxygen atoms in total. The zero-order valence-corrected chi connectivity index (χ0v) is 20.6. The Kier molecular flexibility index (Phi) is 9.90. The monoisotopic (exact) mass is 477 g/mol. The number of rotatable bonds is 14. The van der Waals surface area contributed by atoms with E-state index in [0.29, 0.717) is 30.9 Å². The molecule has 0 fully saturated rings. The second-order valence-corrected chi connectivity index (χ2v) is 8.60. The normalized spacial score (nSPS) is 10.8. The molecule has 0 spiro atoms. The molecule has 7 heteroatoms. The number of esters is 1. The fourth-order valence-corrected chi connectivity index (χ4v) is 3.86. The molecule has 0 aliphatic carbocycles. The Morgan fingerprint density at radius 1 is 1.00 bits per heavy atom. The van der Waals surface area contributed by atoms with E-state index >= 15 is 0 Å². The number of carboxylic acids is 1. The van der Waals surface area contributed by atoms with E-state index in [4.69, 9.17) is 4.74 Å². The number of unbranched alkanes of at least 4 members (excludes halogenated alkanes) is 3. The lowest BCUT2D eigenvalue weighted by Gasteiger charge is -2.15. The zero-order chi connectivity index (χ0) is 25.0. The Labute approximate surface area is 207 Å². The molecule has 3 rings (SSSR count). The van der Waals surface area contributed by atoms with E-state index in [1.807, 2.05) is 24.4 Å². The van der Waals surface area contributed by atoms with Crippen LogP contribution in [0, 0.1) is 0 Å². The number of carbonyl (C=O) groups excluding carboxylic acids is 1. The van der Waals surface area contributed by atoms with Crippen molar-refractivity contribution in [1.29, 1.82) is 0 Å². The predicted molar refractivity (Wildman–Crippen MR) is 137 cm³/mol. The third-order valence-corrected chi connectivity index (χ3v) is 5.90. The molecule has 0 unspecified atom stereocenters. The number of benzene rings is 2. The number of carboxylic acid groups (broad SMARTS) is 1. The van der Waals surface area contributed by atoms with Gasteiger partial charge in [-0.2, -0.15) is 0 Å². The summed E-state index contributed by atoms with van der Waals surface area (Å²) in [7, 11) is 0. The maximum absolute atomic E-state index is 12.3. The van der Waals surface area contributed by atoms with Gasteiger partial charge in [0.2, 0.25) is 0 Å². The van der Waals surface area contributed by atoms with Gasteiger partial charge in [0, 0.05) is 18.7 Å². The molecule has 0 aliphatic heterocycles. The minimum atomic E-state index is -0.964. The van der Waals surface area contributed by atoms with Crippen molar-refractivity contribution in [2.45, 2.75) is 65.5 Å². The largest absolute Gasteiger partial charge is 0.478 e. The molecule has 2 aromatic carbocycles. The zero-order valence-electron chi connectivity index (χ0n) is 20.6. The minimum Gasteiger partial charge on any atom is -0.478 e. The van der Waals surface area contributed by atoms with Gasteiger partial charge >= 0.3 is 11.9 Å². The van der Waals surface area contributed by atoms with Crippen molar-refractivity contribution in [1.82, 2.24) is 9.55 Å². The Bertz CT molecular complexity index is 1110. The fraction of sp³-hybridized carbons (Fsp3) is 0.393. The molecular weight excluding hydrogens is 442 g/mol. The number of nitrogens with one attached hydrogen (secondary N) is 1. The summed E-state index contributed by atoms with van der Waals surface area (Å²) < 4.78 is 7.53. The van der Waals surface area contributed by atoms with Crippen LogP contribution < -0.4 is 5.32 Å². The molecule has 1 heterocycles. The molecule has 0 atom stereocenters. The number of carbonyl (C=O) groups is 2. The first-order valence-corrected chi connectivity index (χ1v) is 12.4. The van der Waals surface area contributed by atoms with Crippen LogP contribution in [-0.2, 0) is 24.2 Å². The third-order valence-electron chi connectivity index (χ3n) is 5.90. The number of hydrogen-bond acceptors (Lipinski definition) is 5. The van der Waals surface area contributed by atoms with Gasteiger partial charge in [0.15, 0.2) is 0 Å². The second kappa shape index (κ2) is 13.3. The van der Waals surface area contributed by atoms with E-state index in [1.54, 1.807) is 30.3 Å². The molecule has 186 valence electrons. The van der Waals surface area contributed by atoms with E-state index < -0.39 is 5.97 Å². The van der Waals surface area contributed by atoms with Crippen molar-refractivity contribution in [3.05, 3.63) is 82.9 Å². The van der Waals surface area contributed by atoms with Crippen LogP contribution in [0.2, 0.25) is 0 Å². The average Bonchev–Trinajstić information content (AvgIpc) is 3.25. The maximum Gasteiger partial charge on any atom is 0.338 e. The Balaban J connectivity index is 1.72. The first-order valence-electron chi connectivity index (χ1n) is 12.4. The van der Waals surface area contributed by atoms with Crippen molar-refractivity contribution in [2.75, 3.05) is 11.9 Å². The molecule has 3 aromatic rings. The molecular formula is C28H35N3O4. The molecule has 2 N–H and O–H groups in total. The van der Waals surface area contributed by atoms with E-state index in [0.717, 1.165) is 55.6 Å². The average molecular weight is 478 g/mol. The van der Waals surface area contributed by atoms with E-state index in [-0.39, 0.29) is 11.5 Å². The van der Waals surface area contributed by atoms with Gasteiger partial charge in [-0.1, -0.05) is 57.4 Å². The van der Waals surface area contributed by atoms with Crippen LogP contribution >= 0.6 is 0 Å². The van der Waals surface area contributed by atoms with Gasteiger partial charge in [-0.05, 0) is 42.7 Å². The number of anilines is 1. The van der Waals surface area contributed by atoms with Crippen molar-refractivity contribution in [3.8, 4) is 0 Å². The molecule has 0 radical (unpaired) electrons. The number of ether oxygens (including phenoxy) is 1. The lowest BCUT2D eigenvalue weighted by Crippen LogP contribution is -2.13. The summed E-state index contributed by atoms with van der Waals surface area (Å²) in [6.45, 7) is 5.78. The Morgan fingerprint density at radius 2 is 1.74 bits per heavy atom. The molecule has 1 aromatic heterocycles. The van der Waals surface area contributed by atoms with Gasteiger partial charge in [0.05, 0.1) is 36.2 Å². The summed E-state index contributed by atoms with van der Waals surface area (Å²) in [6.07, 6.45) is 7.85. The second-order valence-electron chi connectivity index (χ2n) is 8.60. The van der Waals surface area contributed by atoms with Gasteiger partial charge in [-0.25, -0.2) is 14.6 Å². The SMILES string of the molecule is CCCCCOC(=O)c1ccc(Cn2c(CNc3ccccc3C(=O)O)cnc2CCCC)cc1. The maximum atomic E-state index is 12.3. The number of aromatic carboxylic acids is 1. The summed E-state index contributed by atoms with van der Waals surface area (Å²) in [5.74, 6) is -0.260. The molecule has 0 aliphatic rings. The van der Waals surface area contributed by atoms with E-state index in [2.05, 4.69) is 28.7 Å². The third kappa shape index (κ3) is 7.44. The lowest BCUT2D eigenvalue weighted by molar-refractivity contribution is 0.0497. The molecule has 0 amide bonds. The van der Waals surface area contributed by atoms with Crippen LogP contribution in [0.4, 0.5) is 5.69 Å². The number of hydrogen-bond donors (Lipinski definition) is 2. The summed E-state index contributed by atoms with van der Waals surface area (Å²) in [4.78, 5) is 28.5. The highest BCUT2D eigenvalue weighted by Gasteiger charge is 2.14. The number of nitrogens with zero attached hydrogens (tertiary/aromatic N) is 2. The van der Waals surface area contributed by atoms with Crippen LogP contribution in [0.5, 0.6) is 0 Å². The fourth-order valence-electron chi connectivity index (χ4n) is 3.86. The van der Waals surface area contributed by atoms with Gasteiger partial charge in [-0.15, -0.1) is 0 Å². The highest BCUT2D eigenvalue weighted by molar-refractivity contribution is 5.94. The van der Waals surface area contributed by atoms with Crippen LogP contribution in [0.3, 0.4) is 0 Å². The number of aryl methyl sites for hydroxylation is 1. The van der Waals surface area contributed by atoms with Crippen molar-refractivity contribution in [2.24, 2.45) is 0 Å². The highest BCUT2D eigenvalue weighted by Crippen LogP contribution is 2.19. The Morgan fingerprint density at radius 3 is 2.46 bits per heavy atom. The number of imidazole rings is 1. The van der Waals surface area contributed by atoms with E-state index in [9.17, 15) is 14.7 Å². The van der Waals surface area contributed by atoms with Crippen LogP contribution in [0.1, 0.15) is 83.7 Å². The lowest BCUT2D eigenvalue weighted by atomic mass is 10.1. The minimum absolute atomic E-state index is 0.238. The molecule has 0 saturated carbocycles. The molecule has 0 bridgehead atoms. The quantitative estimate of drug-likeness (QED) is 0.221. The van der Waals surface area contributed by atoms with Crippen LogP contribution in [0.25, 0.3) is 0 Å². The molecule has 0 saturated heterocycles. The number of para-hydroxylation sites is 1. The smallest absolute Gasteiger partial charge is 0.338 e. The highest BCUT2D eigenvalue weighted by atomic mass is 16.5. The summed E-state index contributed by atoms with van der Waals surface area (Å²) in [5.41, 5.74) is 3.38.